The zero-order valence-corrected chi connectivity index (χ0v) is 11.8. The minimum atomic E-state index is -0.260. The van der Waals surface area contributed by atoms with Crippen LogP contribution in [0.1, 0.15) is 25.3 Å². The van der Waals surface area contributed by atoms with Crippen molar-refractivity contribution in [3.8, 4) is 5.75 Å². The minimum Gasteiger partial charge on any atom is -0.506 e. The largest absolute Gasteiger partial charge is 0.506 e. The summed E-state index contributed by atoms with van der Waals surface area (Å²) in [5.41, 5.74) is 0.774. The molecule has 1 fully saturated rings. The summed E-state index contributed by atoms with van der Waals surface area (Å²) >= 11 is 3.27. The summed E-state index contributed by atoms with van der Waals surface area (Å²) in [6.07, 6.45) is 2.18. The number of phenolic OH excluding ortho intramolecular Hbond substituents is 1. The van der Waals surface area contributed by atoms with E-state index < -0.39 is 0 Å². The lowest BCUT2D eigenvalue weighted by Crippen LogP contribution is -2.42. The summed E-state index contributed by atoms with van der Waals surface area (Å²) in [6, 6.07) is 5.58. The number of benzene rings is 1. The van der Waals surface area contributed by atoms with Gasteiger partial charge in [0.25, 0.3) is 0 Å². The second kappa shape index (κ2) is 5.71. The normalized spacial score (nSPS) is 16.3. The topological polar surface area (TPSA) is 61.4 Å². The predicted molar refractivity (Wildman–Crippen MR) is 73.3 cm³/mol. The molecule has 1 atom stereocenters. The van der Waals surface area contributed by atoms with E-state index in [1.54, 1.807) is 6.07 Å². The molecule has 0 aromatic heterocycles. The molecule has 0 saturated heterocycles. The summed E-state index contributed by atoms with van der Waals surface area (Å²) < 4.78 is 0.664. The van der Waals surface area contributed by atoms with Crippen LogP contribution in [-0.4, -0.2) is 23.1 Å². The maximum Gasteiger partial charge on any atom is 0.237 e. The molecule has 1 aliphatic carbocycles. The van der Waals surface area contributed by atoms with Crippen LogP contribution < -0.4 is 10.6 Å². The highest BCUT2D eigenvalue weighted by Gasteiger charge is 2.25. The van der Waals surface area contributed by atoms with Gasteiger partial charge in [0.2, 0.25) is 5.91 Å². The standard InChI is InChI=1S/C13H17BrN2O2/c1-8(13(18)16-10-5-6-10)15-7-9-3-2-4-11(14)12(9)17/h2-4,8,10,15,17H,5-7H2,1H3,(H,16,18). The van der Waals surface area contributed by atoms with Crippen LogP contribution in [0.25, 0.3) is 0 Å². The van der Waals surface area contributed by atoms with Gasteiger partial charge in [-0.3, -0.25) is 4.79 Å². The van der Waals surface area contributed by atoms with Gasteiger partial charge < -0.3 is 15.7 Å². The first kappa shape index (κ1) is 13.4. The third kappa shape index (κ3) is 3.46. The highest BCUT2D eigenvalue weighted by Crippen LogP contribution is 2.27. The van der Waals surface area contributed by atoms with E-state index in [-0.39, 0.29) is 17.7 Å². The van der Waals surface area contributed by atoms with Gasteiger partial charge in [-0.15, -0.1) is 0 Å². The fraction of sp³-hybridized carbons (Fsp3) is 0.462. The fourth-order valence-corrected chi connectivity index (χ4v) is 2.02. The number of nitrogens with one attached hydrogen (secondary N) is 2. The van der Waals surface area contributed by atoms with Crippen LogP contribution in [0.5, 0.6) is 5.75 Å². The molecule has 2 rings (SSSR count). The highest BCUT2D eigenvalue weighted by molar-refractivity contribution is 9.10. The molecule has 1 aromatic rings. The van der Waals surface area contributed by atoms with Gasteiger partial charge in [0.1, 0.15) is 5.75 Å². The first-order chi connectivity index (χ1) is 8.58. The highest BCUT2D eigenvalue weighted by atomic mass is 79.9. The number of hydrogen-bond donors (Lipinski definition) is 3. The van der Waals surface area contributed by atoms with E-state index in [1.165, 1.54) is 0 Å². The maximum absolute atomic E-state index is 11.7. The monoisotopic (exact) mass is 312 g/mol. The van der Waals surface area contributed by atoms with Gasteiger partial charge in [-0.05, 0) is 41.8 Å². The van der Waals surface area contributed by atoms with Crippen molar-refractivity contribution in [2.24, 2.45) is 0 Å². The Bertz CT molecular complexity index is 447. The van der Waals surface area contributed by atoms with E-state index in [1.807, 2.05) is 19.1 Å². The first-order valence-electron chi connectivity index (χ1n) is 6.08. The Hall–Kier alpha value is -1.07. The Morgan fingerprint density at radius 1 is 1.56 bits per heavy atom. The molecule has 1 saturated carbocycles. The molecular formula is C13H17BrN2O2. The number of carbonyl (C=O) groups is 1. The van der Waals surface area contributed by atoms with E-state index in [4.69, 9.17) is 0 Å². The van der Waals surface area contributed by atoms with Crippen LogP contribution in [-0.2, 0) is 11.3 Å². The van der Waals surface area contributed by atoms with Gasteiger partial charge in [-0.2, -0.15) is 0 Å². The van der Waals surface area contributed by atoms with Crippen molar-refractivity contribution in [3.05, 3.63) is 28.2 Å². The second-order valence-corrected chi connectivity index (χ2v) is 5.49. The SMILES string of the molecule is CC(NCc1cccc(Br)c1O)C(=O)NC1CC1. The Kier molecular flexibility index (Phi) is 4.24. The molecule has 4 nitrogen and oxygen atoms in total. The van der Waals surface area contributed by atoms with E-state index in [0.717, 1.165) is 18.4 Å². The summed E-state index contributed by atoms with van der Waals surface area (Å²) in [4.78, 5) is 11.7. The van der Waals surface area contributed by atoms with Crippen molar-refractivity contribution in [3.63, 3.8) is 0 Å². The smallest absolute Gasteiger partial charge is 0.237 e. The number of para-hydroxylation sites is 1. The van der Waals surface area contributed by atoms with Crippen molar-refractivity contribution >= 4 is 21.8 Å². The summed E-state index contributed by atoms with van der Waals surface area (Å²) in [5.74, 6) is 0.242. The summed E-state index contributed by atoms with van der Waals surface area (Å²) in [6.45, 7) is 2.29. The molecule has 1 unspecified atom stereocenters. The zero-order valence-electron chi connectivity index (χ0n) is 10.2. The number of rotatable bonds is 5. The van der Waals surface area contributed by atoms with Gasteiger partial charge >= 0.3 is 0 Å². The molecule has 0 heterocycles. The van der Waals surface area contributed by atoms with E-state index in [9.17, 15) is 9.90 Å². The number of amides is 1. The summed E-state index contributed by atoms with van der Waals surface area (Å²) in [7, 11) is 0. The minimum absolute atomic E-state index is 0.0204. The predicted octanol–water partition coefficient (Wildman–Crippen LogP) is 1.91. The molecule has 0 bridgehead atoms. The average Bonchev–Trinajstić information content (AvgIpc) is 3.14. The zero-order chi connectivity index (χ0) is 13.1. The molecular weight excluding hydrogens is 296 g/mol. The Balaban J connectivity index is 1.86. The number of carbonyl (C=O) groups excluding carboxylic acids is 1. The lowest BCUT2D eigenvalue weighted by molar-refractivity contribution is -0.122. The number of aromatic hydroxyl groups is 1. The van der Waals surface area contributed by atoms with Crippen LogP contribution in [0, 0.1) is 0 Å². The lowest BCUT2D eigenvalue weighted by atomic mass is 10.2. The first-order valence-corrected chi connectivity index (χ1v) is 6.87. The van der Waals surface area contributed by atoms with Crippen molar-refractivity contribution in [2.75, 3.05) is 0 Å². The van der Waals surface area contributed by atoms with Gasteiger partial charge in [-0.25, -0.2) is 0 Å². The Labute approximate surface area is 115 Å². The second-order valence-electron chi connectivity index (χ2n) is 4.63. The number of phenols is 1. The molecule has 98 valence electrons. The lowest BCUT2D eigenvalue weighted by Gasteiger charge is -2.14. The Morgan fingerprint density at radius 2 is 2.28 bits per heavy atom. The van der Waals surface area contributed by atoms with E-state index in [0.29, 0.717) is 17.1 Å². The van der Waals surface area contributed by atoms with Gasteiger partial charge in [0.05, 0.1) is 10.5 Å². The van der Waals surface area contributed by atoms with Crippen molar-refractivity contribution in [1.82, 2.24) is 10.6 Å². The quantitative estimate of drug-likeness (QED) is 0.778. The van der Waals surface area contributed by atoms with Crippen LogP contribution in [0.4, 0.5) is 0 Å². The molecule has 1 aromatic carbocycles. The van der Waals surface area contributed by atoms with E-state index >= 15 is 0 Å². The van der Waals surface area contributed by atoms with Crippen LogP contribution in [0.2, 0.25) is 0 Å². The third-order valence-corrected chi connectivity index (χ3v) is 3.63. The molecule has 3 N–H and O–H groups in total. The molecule has 5 heteroatoms. The van der Waals surface area contributed by atoms with Gasteiger partial charge in [0.15, 0.2) is 0 Å². The molecule has 1 aliphatic rings. The van der Waals surface area contributed by atoms with Crippen LogP contribution in [0.3, 0.4) is 0 Å². The molecule has 1 amide bonds. The molecule has 18 heavy (non-hydrogen) atoms. The third-order valence-electron chi connectivity index (χ3n) is 2.99. The number of halogens is 1. The van der Waals surface area contributed by atoms with Crippen molar-refractivity contribution < 1.29 is 9.90 Å². The summed E-state index contributed by atoms with van der Waals surface area (Å²) in [5, 5.41) is 15.9. The molecule has 0 aliphatic heterocycles. The Morgan fingerprint density at radius 3 is 2.94 bits per heavy atom. The van der Waals surface area contributed by atoms with E-state index in [2.05, 4.69) is 26.6 Å². The average molecular weight is 313 g/mol. The van der Waals surface area contributed by atoms with Crippen molar-refractivity contribution in [2.45, 2.75) is 38.4 Å². The van der Waals surface area contributed by atoms with Crippen molar-refractivity contribution in [1.29, 1.82) is 0 Å². The van der Waals surface area contributed by atoms with Crippen LogP contribution >= 0.6 is 15.9 Å². The van der Waals surface area contributed by atoms with Gasteiger partial charge in [0, 0.05) is 18.2 Å². The fourth-order valence-electron chi connectivity index (χ4n) is 1.61. The van der Waals surface area contributed by atoms with Crippen LogP contribution in [0.15, 0.2) is 22.7 Å². The number of hydrogen-bond acceptors (Lipinski definition) is 3. The molecule has 0 spiro atoms. The maximum atomic E-state index is 11.7. The van der Waals surface area contributed by atoms with Gasteiger partial charge in [-0.1, -0.05) is 12.1 Å². The molecule has 0 radical (unpaired) electrons.